The van der Waals surface area contributed by atoms with Crippen LogP contribution < -0.4 is 10.6 Å². The second-order valence-corrected chi connectivity index (χ2v) is 4.80. The molecule has 0 bridgehead atoms. The minimum absolute atomic E-state index is 0.244. The summed E-state index contributed by atoms with van der Waals surface area (Å²) >= 11 is 0. The molecule has 1 saturated heterocycles. The molecule has 1 fully saturated rings. The number of hydrogen-bond donors (Lipinski definition) is 2. The van der Waals surface area contributed by atoms with Gasteiger partial charge in [0.05, 0.1) is 11.0 Å². The summed E-state index contributed by atoms with van der Waals surface area (Å²) in [5, 5.41) is 0. The Kier molecular flexibility index (Phi) is 2.91. The maximum absolute atomic E-state index is 13.1. The summed E-state index contributed by atoms with van der Waals surface area (Å²) in [4.78, 5) is 9.92. The highest BCUT2D eigenvalue weighted by Crippen LogP contribution is 2.24. The summed E-state index contributed by atoms with van der Waals surface area (Å²) in [6.07, 6.45) is 3.47. The summed E-state index contributed by atoms with van der Waals surface area (Å²) < 4.78 is 13.1. The second kappa shape index (κ2) is 4.57. The lowest BCUT2D eigenvalue weighted by Gasteiger charge is -2.34. The zero-order valence-electron chi connectivity index (χ0n) is 10.2. The number of rotatable bonds is 2. The molecule has 1 atom stereocenters. The molecular weight excluding hydrogens is 231 g/mol. The lowest BCUT2D eigenvalue weighted by molar-refractivity contribution is 0.459. The molecule has 2 heterocycles. The van der Waals surface area contributed by atoms with E-state index >= 15 is 0 Å². The maximum atomic E-state index is 13.1. The van der Waals surface area contributed by atoms with Gasteiger partial charge in [-0.2, -0.15) is 0 Å². The van der Waals surface area contributed by atoms with Crippen LogP contribution >= 0.6 is 0 Å². The number of anilines is 1. The Labute approximate surface area is 105 Å². The fraction of sp³-hybridized carbons (Fsp3) is 0.462. The topological polar surface area (TPSA) is 57.9 Å². The van der Waals surface area contributed by atoms with Crippen LogP contribution in [-0.4, -0.2) is 29.1 Å². The van der Waals surface area contributed by atoms with Gasteiger partial charge in [-0.05, 0) is 37.5 Å². The van der Waals surface area contributed by atoms with Gasteiger partial charge in [0.1, 0.15) is 5.82 Å². The molecule has 3 N–H and O–H groups in total. The number of nitrogens with one attached hydrogen (secondary N) is 1. The van der Waals surface area contributed by atoms with E-state index < -0.39 is 0 Å². The van der Waals surface area contributed by atoms with Gasteiger partial charge in [0.25, 0.3) is 0 Å². The van der Waals surface area contributed by atoms with Gasteiger partial charge >= 0.3 is 0 Å². The van der Waals surface area contributed by atoms with Gasteiger partial charge in [-0.3, -0.25) is 0 Å². The Morgan fingerprint density at radius 1 is 1.44 bits per heavy atom. The fourth-order valence-corrected chi connectivity index (χ4v) is 2.63. The summed E-state index contributed by atoms with van der Waals surface area (Å²) in [5.41, 5.74) is 7.35. The summed E-state index contributed by atoms with van der Waals surface area (Å²) in [6.45, 7) is 1.59. The molecule has 0 amide bonds. The Morgan fingerprint density at radius 3 is 3.17 bits per heavy atom. The number of hydrogen-bond acceptors (Lipinski definition) is 3. The monoisotopic (exact) mass is 248 g/mol. The summed E-state index contributed by atoms with van der Waals surface area (Å²) in [5.74, 6) is 0.567. The number of halogens is 1. The first kappa shape index (κ1) is 11.5. The van der Waals surface area contributed by atoms with Crippen molar-refractivity contribution in [2.75, 3.05) is 18.0 Å². The van der Waals surface area contributed by atoms with Crippen LogP contribution in [0.4, 0.5) is 10.3 Å². The molecule has 1 aliphatic heterocycles. The van der Waals surface area contributed by atoms with Gasteiger partial charge in [0.15, 0.2) is 0 Å². The molecule has 4 nitrogen and oxygen atoms in total. The third kappa shape index (κ3) is 1.95. The lowest BCUT2D eigenvalue weighted by atomic mass is 10.0. The van der Waals surface area contributed by atoms with Crippen molar-refractivity contribution in [3.05, 3.63) is 24.0 Å². The number of imidazole rings is 1. The third-order valence-corrected chi connectivity index (χ3v) is 3.60. The fourth-order valence-electron chi connectivity index (χ4n) is 2.63. The van der Waals surface area contributed by atoms with Crippen LogP contribution in [-0.2, 0) is 0 Å². The molecule has 0 saturated carbocycles. The van der Waals surface area contributed by atoms with E-state index in [1.54, 1.807) is 6.07 Å². The number of benzene rings is 1. The Balaban J connectivity index is 1.97. The van der Waals surface area contributed by atoms with Crippen molar-refractivity contribution in [1.29, 1.82) is 0 Å². The van der Waals surface area contributed by atoms with E-state index in [2.05, 4.69) is 14.9 Å². The first-order valence-electron chi connectivity index (χ1n) is 6.40. The number of nitrogens with zero attached hydrogens (tertiary/aromatic N) is 2. The SMILES string of the molecule is NCC1CCCCN1c1nc2ccc(F)cc2[nH]1. The first-order chi connectivity index (χ1) is 8.78. The zero-order valence-corrected chi connectivity index (χ0v) is 10.2. The van der Waals surface area contributed by atoms with Gasteiger partial charge in [0.2, 0.25) is 5.95 Å². The molecule has 2 aromatic rings. The molecule has 1 aromatic carbocycles. The summed E-state index contributed by atoms with van der Waals surface area (Å²) in [7, 11) is 0. The van der Waals surface area contributed by atoms with Crippen molar-refractivity contribution < 1.29 is 4.39 Å². The number of piperidine rings is 1. The first-order valence-corrected chi connectivity index (χ1v) is 6.40. The molecule has 96 valence electrons. The molecular formula is C13H17FN4. The Bertz CT molecular complexity index is 551. The van der Waals surface area contributed by atoms with Crippen LogP contribution in [0.1, 0.15) is 19.3 Å². The predicted octanol–water partition coefficient (Wildman–Crippen LogP) is 2.02. The van der Waals surface area contributed by atoms with Gasteiger partial charge in [-0.15, -0.1) is 0 Å². The number of aromatic amines is 1. The molecule has 0 aliphatic carbocycles. The average Bonchev–Trinajstić information content (AvgIpc) is 2.81. The largest absolute Gasteiger partial charge is 0.338 e. The van der Waals surface area contributed by atoms with Gasteiger partial charge in [-0.25, -0.2) is 9.37 Å². The molecule has 1 aromatic heterocycles. The third-order valence-electron chi connectivity index (χ3n) is 3.60. The summed E-state index contributed by atoms with van der Waals surface area (Å²) in [6, 6.07) is 4.95. The van der Waals surface area contributed by atoms with Crippen molar-refractivity contribution in [3.8, 4) is 0 Å². The molecule has 0 spiro atoms. The van der Waals surface area contributed by atoms with E-state index in [9.17, 15) is 4.39 Å². The number of fused-ring (bicyclic) bond motifs is 1. The average molecular weight is 248 g/mol. The minimum atomic E-state index is -0.244. The molecule has 18 heavy (non-hydrogen) atoms. The van der Waals surface area contributed by atoms with Crippen LogP contribution in [0.15, 0.2) is 18.2 Å². The van der Waals surface area contributed by atoms with Crippen LogP contribution in [0, 0.1) is 5.82 Å². The quantitative estimate of drug-likeness (QED) is 0.854. The Morgan fingerprint density at radius 2 is 2.33 bits per heavy atom. The highest BCUT2D eigenvalue weighted by molar-refractivity contribution is 5.77. The highest BCUT2D eigenvalue weighted by Gasteiger charge is 2.23. The van der Waals surface area contributed by atoms with Crippen molar-refractivity contribution in [2.45, 2.75) is 25.3 Å². The van der Waals surface area contributed by atoms with Gasteiger partial charge in [0, 0.05) is 19.1 Å². The normalized spacial score (nSPS) is 20.6. The van der Waals surface area contributed by atoms with Crippen molar-refractivity contribution in [1.82, 2.24) is 9.97 Å². The van der Waals surface area contributed by atoms with Crippen LogP contribution in [0.5, 0.6) is 0 Å². The number of nitrogens with two attached hydrogens (primary N) is 1. The molecule has 3 rings (SSSR count). The van der Waals surface area contributed by atoms with Crippen molar-refractivity contribution in [3.63, 3.8) is 0 Å². The van der Waals surface area contributed by atoms with E-state index in [1.807, 2.05) is 0 Å². The molecule has 0 radical (unpaired) electrons. The maximum Gasteiger partial charge on any atom is 0.204 e. The van der Waals surface area contributed by atoms with E-state index in [4.69, 9.17) is 5.73 Å². The van der Waals surface area contributed by atoms with Gasteiger partial charge in [-0.1, -0.05) is 0 Å². The lowest BCUT2D eigenvalue weighted by Crippen LogP contribution is -2.44. The number of H-pyrrole nitrogens is 1. The molecule has 5 heteroatoms. The minimum Gasteiger partial charge on any atom is -0.338 e. The van der Waals surface area contributed by atoms with Crippen LogP contribution in [0.25, 0.3) is 11.0 Å². The van der Waals surface area contributed by atoms with Gasteiger partial charge < -0.3 is 15.6 Å². The zero-order chi connectivity index (χ0) is 12.5. The molecule has 1 aliphatic rings. The van der Waals surface area contributed by atoms with Crippen LogP contribution in [0.2, 0.25) is 0 Å². The van der Waals surface area contributed by atoms with E-state index in [1.165, 1.54) is 18.6 Å². The van der Waals surface area contributed by atoms with E-state index in [-0.39, 0.29) is 5.82 Å². The molecule has 1 unspecified atom stereocenters. The van der Waals surface area contributed by atoms with Crippen molar-refractivity contribution in [2.24, 2.45) is 5.73 Å². The standard InChI is InChI=1S/C13H17FN4/c14-9-4-5-11-12(7-9)17-13(16-11)18-6-2-1-3-10(18)8-15/h4-5,7,10H,1-3,6,8,15H2,(H,16,17). The predicted molar refractivity (Wildman–Crippen MR) is 70.1 cm³/mol. The smallest absolute Gasteiger partial charge is 0.204 e. The second-order valence-electron chi connectivity index (χ2n) is 4.80. The van der Waals surface area contributed by atoms with Crippen LogP contribution in [0.3, 0.4) is 0 Å². The Hall–Kier alpha value is -1.62. The van der Waals surface area contributed by atoms with E-state index in [0.717, 1.165) is 36.4 Å². The highest BCUT2D eigenvalue weighted by atomic mass is 19.1. The van der Waals surface area contributed by atoms with Crippen molar-refractivity contribution >= 4 is 17.0 Å². The van der Waals surface area contributed by atoms with E-state index in [0.29, 0.717) is 12.6 Å². The number of aromatic nitrogens is 2.